The highest BCUT2D eigenvalue weighted by Crippen LogP contribution is 2.10. The van der Waals surface area contributed by atoms with Crippen LogP contribution in [0.3, 0.4) is 0 Å². The predicted octanol–water partition coefficient (Wildman–Crippen LogP) is 4.36. The van der Waals surface area contributed by atoms with Gasteiger partial charge < -0.3 is 14.2 Å². The number of rotatable bonds is 20. The van der Waals surface area contributed by atoms with Gasteiger partial charge in [0.25, 0.3) is 10.1 Å². The number of hydrogen-bond donors (Lipinski definition) is 1. The molecule has 1 atom stereocenters. The van der Waals surface area contributed by atoms with E-state index in [4.69, 9.17) is 18.8 Å². The normalized spacial score (nSPS) is 13.0. The molecular formula is C19H38O6S. The third kappa shape index (κ3) is 19.8. The Morgan fingerprint density at radius 2 is 1.46 bits per heavy atom. The van der Waals surface area contributed by atoms with E-state index >= 15 is 0 Å². The van der Waals surface area contributed by atoms with Crippen LogP contribution >= 0.6 is 0 Å². The summed E-state index contributed by atoms with van der Waals surface area (Å²) in [6.45, 7) is 7.18. The smallest absolute Gasteiger partial charge is 0.289 e. The maximum absolute atomic E-state index is 10.6. The van der Waals surface area contributed by atoms with Gasteiger partial charge in [0.15, 0.2) is 5.94 Å². The molecule has 0 aliphatic heterocycles. The third-order valence-corrected chi connectivity index (χ3v) is 4.40. The molecular weight excluding hydrogens is 356 g/mol. The van der Waals surface area contributed by atoms with Gasteiger partial charge in [-0.3, -0.25) is 4.55 Å². The van der Waals surface area contributed by atoms with E-state index in [9.17, 15) is 8.42 Å². The molecule has 0 bridgehead atoms. The molecule has 6 nitrogen and oxygen atoms in total. The maximum atomic E-state index is 10.6. The molecule has 0 amide bonds. The van der Waals surface area contributed by atoms with Gasteiger partial charge in [0.1, 0.15) is 6.10 Å². The first-order chi connectivity index (χ1) is 12.5. The molecule has 7 heteroatoms. The van der Waals surface area contributed by atoms with Crippen LogP contribution in [0.4, 0.5) is 0 Å². The van der Waals surface area contributed by atoms with Crippen molar-refractivity contribution in [2.75, 3.05) is 32.4 Å². The summed E-state index contributed by atoms with van der Waals surface area (Å²) in [5.41, 5.74) is 0. The van der Waals surface area contributed by atoms with Crippen LogP contribution in [0.2, 0.25) is 0 Å². The van der Waals surface area contributed by atoms with E-state index in [0.29, 0.717) is 19.8 Å². The lowest BCUT2D eigenvalue weighted by Crippen LogP contribution is -2.27. The zero-order valence-corrected chi connectivity index (χ0v) is 17.2. The highest BCUT2D eigenvalue weighted by atomic mass is 32.2. The minimum absolute atomic E-state index is 0.0473. The van der Waals surface area contributed by atoms with Crippen molar-refractivity contribution in [3.63, 3.8) is 0 Å². The average molecular weight is 395 g/mol. The van der Waals surface area contributed by atoms with Crippen molar-refractivity contribution >= 4 is 10.1 Å². The van der Waals surface area contributed by atoms with Crippen molar-refractivity contribution in [3.05, 3.63) is 12.7 Å². The first-order valence-electron chi connectivity index (χ1n) is 9.82. The first-order valence-corrected chi connectivity index (χ1v) is 11.4. The highest BCUT2D eigenvalue weighted by molar-refractivity contribution is 7.85. The Morgan fingerprint density at radius 3 is 2.00 bits per heavy atom. The summed E-state index contributed by atoms with van der Waals surface area (Å²) in [5, 5.41) is 0. The van der Waals surface area contributed by atoms with Crippen molar-refractivity contribution in [2.24, 2.45) is 0 Å². The van der Waals surface area contributed by atoms with Crippen LogP contribution in [-0.2, 0) is 24.3 Å². The zero-order valence-electron chi connectivity index (χ0n) is 16.4. The van der Waals surface area contributed by atoms with Gasteiger partial charge in [0.2, 0.25) is 0 Å². The predicted molar refractivity (Wildman–Crippen MR) is 105 cm³/mol. The standard InChI is InChI=1S/C19H38O6S/c1-3-5-6-7-8-9-10-11-12-13-15-23-16-19(25-14-4-2)17-24-18-26(20,21)22/h4,19H,2-3,5-18H2,1H3,(H,20,21,22). The van der Waals surface area contributed by atoms with Gasteiger partial charge in [-0.2, -0.15) is 8.42 Å². The second-order valence-corrected chi connectivity index (χ2v) is 7.97. The first kappa shape index (κ1) is 25.5. The van der Waals surface area contributed by atoms with Gasteiger partial charge in [-0.15, -0.1) is 6.58 Å². The Kier molecular flexibility index (Phi) is 17.6. The van der Waals surface area contributed by atoms with Crippen LogP contribution in [0.15, 0.2) is 12.7 Å². The van der Waals surface area contributed by atoms with Crippen LogP contribution in [0, 0.1) is 0 Å². The summed E-state index contributed by atoms with van der Waals surface area (Å²) in [4.78, 5) is 0. The van der Waals surface area contributed by atoms with E-state index in [0.717, 1.165) is 12.8 Å². The fourth-order valence-electron chi connectivity index (χ4n) is 2.54. The SMILES string of the molecule is C=CCOC(COCCCCCCCCCCCC)COCS(=O)(=O)O. The molecule has 0 aromatic carbocycles. The molecule has 0 saturated carbocycles. The summed E-state index contributed by atoms with van der Waals surface area (Å²) in [6.07, 6.45) is 14.0. The van der Waals surface area contributed by atoms with E-state index in [1.165, 1.54) is 51.4 Å². The van der Waals surface area contributed by atoms with E-state index in [1.807, 2.05) is 0 Å². The Hall–Kier alpha value is -0.470. The van der Waals surface area contributed by atoms with E-state index in [1.54, 1.807) is 6.08 Å². The van der Waals surface area contributed by atoms with E-state index in [2.05, 4.69) is 13.5 Å². The molecule has 0 heterocycles. The molecule has 1 N–H and O–H groups in total. The lowest BCUT2D eigenvalue weighted by molar-refractivity contribution is -0.0459. The molecule has 1 unspecified atom stereocenters. The number of ether oxygens (including phenoxy) is 3. The molecule has 0 aromatic rings. The van der Waals surface area contributed by atoms with Crippen LogP contribution in [-0.4, -0.2) is 51.4 Å². The summed E-state index contributed by atoms with van der Waals surface area (Å²) in [5.74, 6) is -0.737. The topological polar surface area (TPSA) is 82.1 Å². The molecule has 0 saturated heterocycles. The van der Waals surface area contributed by atoms with Crippen LogP contribution < -0.4 is 0 Å². The van der Waals surface area contributed by atoms with Gasteiger partial charge in [-0.25, -0.2) is 0 Å². The Labute approximate surface area is 160 Å². The highest BCUT2D eigenvalue weighted by Gasteiger charge is 2.12. The monoisotopic (exact) mass is 394 g/mol. The minimum Gasteiger partial charge on any atom is -0.379 e. The van der Waals surface area contributed by atoms with Gasteiger partial charge in [-0.05, 0) is 6.42 Å². The lowest BCUT2D eigenvalue weighted by atomic mass is 10.1. The summed E-state index contributed by atoms with van der Waals surface area (Å²) in [7, 11) is -4.13. The van der Waals surface area contributed by atoms with E-state index < -0.39 is 16.1 Å². The van der Waals surface area contributed by atoms with Crippen molar-refractivity contribution in [1.29, 1.82) is 0 Å². The maximum Gasteiger partial charge on any atom is 0.289 e. The van der Waals surface area contributed by atoms with E-state index in [-0.39, 0.29) is 12.7 Å². The minimum atomic E-state index is -4.13. The van der Waals surface area contributed by atoms with Crippen LogP contribution in [0.5, 0.6) is 0 Å². The van der Waals surface area contributed by atoms with Gasteiger partial charge >= 0.3 is 0 Å². The number of hydrogen-bond acceptors (Lipinski definition) is 5. The second-order valence-electron chi connectivity index (χ2n) is 6.57. The average Bonchev–Trinajstić information content (AvgIpc) is 2.59. The summed E-state index contributed by atoms with van der Waals surface area (Å²) >= 11 is 0. The van der Waals surface area contributed by atoms with Crippen molar-refractivity contribution < 1.29 is 27.2 Å². The fraction of sp³-hybridized carbons (Fsp3) is 0.895. The largest absolute Gasteiger partial charge is 0.379 e. The van der Waals surface area contributed by atoms with Crippen molar-refractivity contribution in [1.82, 2.24) is 0 Å². The van der Waals surface area contributed by atoms with Gasteiger partial charge in [0.05, 0.1) is 19.8 Å². The Bertz CT molecular complexity index is 410. The molecule has 156 valence electrons. The molecule has 26 heavy (non-hydrogen) atoms. The molecule has 0 radical (unpaired) electrons. The van der Waals surface area contributed by atoms with Gasteiger partial charge in [0, 0.05) is 6.61 Å². The van der Waals surface area contributed by atoms with Gasteiger partial charge in [-0.1, -0.05) is 70.8 Å². The molecule has 0 rings (SSSR count). The van der Waals surface area contributed by atoms with Crippen LogP contribution in [0.1, 0.15) is 71.1 Å². The molecule has 0 aliphatic carbocycles. The second kappa shape index (κ2) is 17.9. The zero-order chi connectivity index (χ0) is 19.5. The fourth-order valence-corrected chi connectivity index (χ4v) is 2.85. The number of unbranched alkanes of at least 4 members (excludes halogenated alkanes) is 9. The Morgan fingerprint density at radius 1 is 0.923 bits per heavy atom. The van der Waals surface area contributed by atoms with Crippen molar-refractivity contribution in [2.45, 2.75) is 77.2 Å². The summed E-state index contributed by atoms with van der Waals surface area (Å²) < 4.78 is 45.9. The molecule has 0 aromatic heterocycles. The molecule has 0 aliphatic rings. The third-order valence-electron chi connectivity index (χ3n) is 3.93. The van der Waals surface area contributed by atoms with Crippen molar-refractivity contribution in [3.8, 4) is 0 Å². The summed E-state index contributed by atoms with van der Waals surface area (Å²) in [6, 6.07) is 0. The Balaban J connectivity index is 3.58. The van der Waals surface area contributed by atoms with Crippen LogP contribution in [0.25, 0.3) is 0 Å². The molecule has 0 spiro atoms. The molecule has 0 fully saturated rings. The quantitative estimate of drug-likeness (QED) is 0.188. The lowest BCUT2D eigenvalue weighted by Gasteiger charge is -2.17.